The van der Waals surface area contributed by atoms with Crippen LogP contribution in [-0.2, 0) is 32.3 Å². The molecule has 0 saturated carbocycles. The molecule has 0 amide bonds. The van der Waals surface area contributed by atoms with Crippen molar-refractivity contribution in [3.8, 4) is 11.1 Å². The molecule has 0 nitrogen and oxygen atoms in total. The van der Waals surface area contributed by atoms with E-state index < -0.39 is 0 Å². The van der Waals surface area contributed by atoms with E-state index in [1.807, 2.05) is 0 Å². The van der Waals surface area contributed by atoms with Gasteiger partial charge in [-0.2, -0.15) is 0 Å². The molecule has 1 aliphatic carbocycles. The fourth-order valence-electron chi connectivity index (χ4n) is 2.16. The van der Waals surface area contributed by atoms with Gasteiger partial charge in [0.05, 0.1) is 10.2 Å². The van der Waals surface area contributed by atoms with Gasteiger partial charge in [-0.05, 0) is 28.7 Å². The van der Waals surface area contributed by atoms with Crippen molar-refractivity contribution >= 4 is 15.4 Å². The van der Waals surface area contributed by atoms with Gasteiger partial charge >= 0.3 is 0 Å². The third kappa shape index (κ3) is 1.70. The topological polar surface area (TPSA) is 0 Å². The maximum absolute atomic E-state index is 3.66. The Labute approximate surface area is 112 Å². The van der Waals surface area contributed by atoms with E-state index in [1.165, 1.54) is 27.4 Å². The molecule has 0 fully saturated rings. The predicted molar refractivity (Wildman–Crippen MR) is 60.1 cm³/mol. The van der Waals surface area contributed by atoms with Crippen LogP contribution in [0, 0.1) is 0 Å². The summed E-state index contributed by atoms with van der Waals surface area (Å²) in [4.78, 5) is 0. The molecule has 0 aliphatic heterocycles. The molecule has 0 aromatic heterocycles. The standard InChI is InChI=1S/C13H9Si.Sc/c14-13-7-3-6-11-10-5-2-1-4-9(10)8-12(11)13;/h1-7H,8H2;. The monoisotopic (exact) mass is 238 g/mol. The number of rotatable bonds is 0. The summed E-state index contributed by atoms with van der Waals surface area (Å²) in [5.74, 6) is 0. The molecule has 4 radical (unpaired) electrons. The fraction of sp³-hybridized carbons (Fsp3) is 0.0769. The second-order valence-corrected chi connectivity index (χ2v) is 4.20. The molecule has 68 valence electrons. The third-order valence-electron chi connectivity index (χ3n) is 2.85. The van der Waals surface area contributed by atoms with Crippen LogP contribution in [0.25, 0.3) is 11.1 Å². The van der Waals surface area contributed by atoms with Crippen molar-refractivity contribution in [1.29, 1.82) is 0 Å². The first kappa shape index (κ1) is 11.0. The van der Waals surface area contributed by atoms with E-state index in [0.29, 0.717) is 0 Å². The zero-order valence-corrected chi connectivity index (χ0v) is 11.1. The van der Waals surface area contributed by atoms with Crippen LogP contribution in [0.3, 0.4) is 0 Å². The Morgan fingerprint density at radius 3 is 2.47 bits per heavy atom. The van der Waals surface area contributed by atoms with Crippen LogP contribution in [0.5, 0.6) is 0 Å². The van der Waals surface area contributed by atoms with Crippen LogP contribution in [0.4, 0.5) is 0 Å². The minimum absolute atomic E-state index is 0. The smallest absolute Gasteiger partial charge is 0.0635 e. The number of fused-ring (bicyclic) bond motifs is 3. The Morgan fingerprint density at radius 1 is 0.867 bits per heavy atom. The van der Waals surface area contributed by atoms with Crippen LogP contribution in [0.1, 0.15) is 11.1 Å². The molecule has 0 unspecified atom stereocenters. The first-order chi connectivity index (χ1) is 6.86. The Hall–Kier alpha value is -0.473. The summed E-state index contributed by atoms with van der Waals surface area (Å²) in [7, 11) is 3.66. The zero-order chi connectivity index (χ0) is 9.54. The summed E-state index contributed by atoms with van der Waals surface area (Å²) in [5.41, 5.74) is 5.63. The minimum atomic E-state index is 0. The van der Waals surface area contributed by atoms with E-state index in [-0.39, 0.29) is 25.8 Å². The van der Waals surface area contributed by atoms with E-state index in [1.54, 1.807) is 0 Å². The van der Waals surface area contributed by atoms with Crippen LogP contribution in [0.2, 0.25) is 0 Å². The molecule has 3 rings (SSSR count). The van der Waals surface area contributed by atoms with Gasteiger partial charge in [0.2, 0.25) is 0 Å². The van der Waals surface area contributed by atoms with Crippen LogP contribution in [-0.4, -0.2) is 10.2 Å². The van der Waals surface area contributed by atoms with Gasteiger partial charge in [-0.1, -0.05) is 47.7 Å². The number of hydrogen-bond donors (Lipinski definition) is 0. The second kappa shape index (κ2) is 4.18. The molecular weight excluding hydrogens is 229 g/mol. The van der Waals surface area contributed by atoms with E-state index in [2.05, 4.69) is 52.7 Å². The van der Waals surface area contributed by atoms with E-state index >= 15 is 0 Å². The molecule has 0 N–H and O–H groups in total. The summed E-state index contributed by atoms with van der Waals surface area (Å²) in [6.45, 7) is 0. The molecule has 0 heterocycles. The molecule has 0 saturated heterocycles. The molecule has 15 heavy (non-hydrogen) atoms. The van der Waals surface area contributed by atoms with Gasteiger partial charge in [-0.15, -0.1) is 0 Å². The van der Waals surface area contributed by atoms with Crippen LogP contribution < -0.4 is 5.19 Å². The largest absolute Gasteiger partial charge is 0.0716 e. The fourth-order valence-corrected chi connectivity index (χ4v) is 2.48. The van der Waals surface area contributed by atoms with Crippen molar-refractivity contribution in [3.63, 3.8) is 0 Å². The number of hydrogen-bond acceptors (Lipinski definition) is 0. The Kier molecular flexibility index (Phi) is 3.07. The average Bonchev–Trinajstić information content (AvgIpc) is 2.59. The minimum Gasteiger partial charge on any atom is -0.0635 e. The van der Waals surface area contributed by atoms with Gasteiger partial charge in [-0.3, -0.25) is 0 Å². The van der Waals surface area contributed by atoms with Gasteiger partial charge in [-0.25, -0.2) is 0 Å². The molecule has 2 aromatic rings. The summed E-state index contributed by atoms with van der Waals surface area (Å²) in [5, 5.41) is 1.22. The summed E-state index contributed by atoms with van der Waals surface area (Å²) in [6.07, 6.45) is 1.06. The maximum atomic E-state index is 3.66. The van der Waals surface area contributed by atoms with Crippen molar-refractivity contribution in [2.45, 2.75) is 6.42 Å². The van der Waals surface area contributed by atoms with Gasteiger partial charge in [0.15, 0.2) is 0 Å². The van der Waals surface area contributed by atoms with Gasteiger partial charge in [0.25, 0.3) is 0 Å². The number of benzene rings is 2. The third-order valence-corrected chi connectivity index (χ3v) is 3.32. The van der Waals surface area contributed by atoms with Gasteiger partial charge in [0.1, 0.15) is 0 Å². The van der Waals surface area contributed by atoms with Gasteiger partial charge in [0, 0.05) is 25.8 Å². The molecule has 2 aromatic carbocycles. The Bertz CT molecular complexity index is 506. The molecule has 1 aliphatic rings. The molecule has 0 spiro atoms. The first-order valence-corrected chi connectivity index (χ1v) is 5.28. The quantitative estimate of drug-likeness (QED) is 0.526. The van der Waals surface area contributed by atoms with E-state index in [0.717, 1.165) is 6.42 Å². The van der Waals surface area contributed by atoms with Crippen molar-refractivity contribution in [3.05, 3.63) is 53.6 Å². The molecule has 0 bridgehead atoms. The van der Waals surface area contributed by atoms with E-state index in [4.69, 9.17) is 0 Å². The maximum Gasteiger partial charge on any atom is 0.0716 e. The van der Waals surface area contributed by atoms with E-state index in [9.17, 15) is 0 Å². The molecular formula is C13H9ScSi. The zero-order valence-electron chi connectivity index (χ0n) is 8.33. The Morgan fingerprint density at radius 2 is 1.60 bits per heavy atom. The SMILES string of the molecule is [Sc].[Si]c1cccc2c1Cc1ccccc1-2. The van der Waals surface area contributed by atoms with Crippen molar-refractivity contribution in [2.24, 2.45) is 0 Å². The molecule has 2 heteroatoms. The first-order valence-electron chi connectivity index (χ1n) is 4.78. The molecule has 0 atom stereocenters. The van der Waals surface area contributed by atoms with Crippen molar-refractivity contribution in [1.82, 2.24) is 0 Å². The summed E-state index contributed by atoms with van der Waals surface area (Å²) < 4.78 is 0. The normalized spacial score (nSPS) is 11.5. The average molecular weight is 238 g/mol. The van der Waals surface area contributed by atoms with Gasteiger partial charge < -0.3 is 0 Å². The Balaban J connectivity index is 0.000000853. The summed E-state index contributed by atoms with van der Waals surface area (Å²) in [6, 6.07) is 15.0. The predicted octanol–water partition coefficient (Wildman–Crippen LogP) is 2.05. The van der Waals surface area contributed by atoms with Crippen LogP contribution in [0.15, 0.2) is 42.5 Å². The summed E-state index contributed by atoms with van der Waals surface area (Å²) >= 11 is 0. The van der Waals surface area contributed by atoms with Crippen molar-refractivity contribution in [2.75, 3.05) is 0 Å². The van der Waals surface area contributed by atoms with Crippen LogP contribution >= 0.6 is 0 Å². The second-order valence-electron chi connectivity index (χ2n) is 3.67. The van der Waals surface area contributed by atoms with Crippen molar-refractivity contribution < 1.29 is 25.8 Å².